The molecule has 2 unspecified atom stereocenters. The number of esters is 1. The average Bonchev–Trinajstić information content (AvgIpc) is 3.45. The Morgan fingerprint density at radius 1 is 0.342 bits per heavy atom. The van der Waals surface area contributed by atoms with E-state index in [4.69, 9.17) is 4.74 Å². The van der Waals surface area contributed by atoms with Crippen LogP contribution >= 0.6 is 0 Å². The van der Waals surface area contributed by atoms with E-state index in [1.165, 1.54) is 347 Å². The zero-order valence-corrected chi connectivity index (χ0v) is 53.9. The molecule has 79 heavy (non-hydrogen) atoms. The Morgan fingerprint density at radius 3 is 0.899 bits per heavy atom. The molecule has 0 radical (unpaired) electrons. The Bertz CT molecular complexity index is 1190. The van der Waals surface area contributed by atoms with Crippen molar-refractivity contribution < 1.29 is 24.5 Å². The molecule has 0 fully saturated rings. The fraction of sp³-hybridized carbons (Fsp3) is 0.945. The molecule has 6 heteroatoms. The first-order chi connectivity index (χ1) is 39.0. The maximum Gasteiger partial charge on any atom is 0.305 e. The summed E-state index contributed by atoms with van der Waals surface area (Å²) < 4.78 is 5.51. The summed E-state index contributed by atoms with van der Waals surface area (Å²) in [4.78, 5) is 24.6. The molecule has 0 spiro atoms. The van der Waals surface area contributed by atoms with Crippen molar-refractivity contribution in [2.45, 2.75) is 431 Å². The number of unbranched alkanes of at least 4 members (excludes halogenated alkanes) is 56. The minimum absolute atomic E-state index is 0.0192. The second kappa shape index (κ2) is 69.1. The lowest BCUT2D eigenvalue weighted by Crippen LogP contribution is -2.45. The predicted molar refractivity (Wildman–Crippen MR) is 347 cm³/mol. The van der Waals surface area contributed by atoms with Crippen LogP contribution in [0.1, 0.15) is 418 Å². The van der Waals surface area contributed by atoms with E-state index in [0.717, 1.165) is 38.5 Å². The van der Waals surface area contributed by atoms with E-state index in [1.807, 2.05) is 0 Å². The van der Waals surface area contributed by atoms with Crippen molar-refractivity contribution in [3.8, 4) is 0 Å². The van der Waals surface area contributed by atoms with E-state index >= 15 is 0 Å². The van der Waals surface area contributed by atoms with Crippen LogP contribution in [0.15, 0.2) is 12.2 Å². The summed E-state index contributed by atoms with van der Waals surface area (Å²) >= 11 is 0. The third-order valence-electron chi connectivity index (χ3n) is 17.3. The number of carbonyl (C=O) groups excluding carboxylic acids is 2. The molecule has 0 aliphatic heterocycles. The van der Waals surface area contributed by atoms with E-state index in [1.54, 1.807) is 0 Å². The normalized spacial score (nSPS) is 12.5. The number of rotatable bonds is 69. The molecule has 1 amide bonds. The molecule has 470 valence electrons. The number of aliphatic hydroxyl groups is 2. The molecule has 0 aromatic rings. The van der Waals surface area contributed by atoms with Gasteiger partial charge in [0.05, 0.1) is 25.4 Å². The van der Waals surface area contributed by atoms with Gasteiger partial charge in [0.2, 0.25) is 5.91 Å². The number of ether oxygens (including phenoxy) is 1. The molecule has 0 bridgehead atoms. The Labute approximate surface area is 495 Å². The standard InChI is InChI=1S/C73H143NO5/c1-3-5-7-9-11-13-15-17-18-19-37-40-43-47-51-55-59-63-67-73(78)79-68-64-60-56-52-48-44-41-38-35-33-31-29-27-25-23-21-20-22-24-26-28-30-32-34-36-39-42-46-50-54-58-62-66-72(77)74-70(69-75)71(76)65-61-57-53-49-45-16-14-12-10-8-6-4-2/h18-19,70-71,75-76H,3-17,20-69H2,1-2H3,(H,74,77)/b19-18-. The smallest absolute Gasteiger partial charge is 0.305 e. The van der Waals surface area contributed by atoms with Crippen LogP contribution in [-0.4, -0.2) is 47.4 Å². The summed E-state index contributed by atoms with van der Waals surface area (Å²) in [7, 11) is 0. The number of hydrogen-bond donors (Lipinski definition) is 3. The summed E-state index contributed by atoms with van der Waals surface area (Å²) in [5.41, 5.74) is 0. The number of allylic oxidation sites excluding steroid dienone is 2. The lowest BCUT2D eigenvalue weighted by atomic mass is 10.0. The number of carbonyl (C=O) groups is 2. The molecule has 6 nitrogen and oxygen atoms in total. The molecule has 0 aromatic heterocycles. The highest BCUT2D eigenvalue weighted by Gasteiger charge is 2.20. The van der Waals surface area contributed by atoms with Crippen molar-refractivity contribution in [1.29, 1.82) is 0 Å². The zero-order chi connectivity index (χ0) is 57.1. The van der Waals surface area contributed by atoms with Crippen LogP contribution in [0.2, 0.25) is 0 Å². The summed E-state index contributed by atoms with van der Waals surface area (Å²) in [6.07, 6.45) is 85.7. The van der Waals surface area contributed by atoms with Gasteiger partial charge in [-0.3, -0.25) is 9.59 Å². The number of amides is 1. The largest absolute Gasteiger partial charge is 0.466 e. The van der Waals surface area contributed by atoms with Crippen LogP contribution in [0.5, 0.6) is 0 Å². The van der Waals surface area contributed by atoms with Gasteiger partial charge in [-0.1, -0.05) is 366 Å². The quantitative estimate of drug-likeness (QED) is 0.0320. The lowest BCUT2D eigenvalue weighted by molar-refractivity contribution is -0.143. The fourth-order valence-electron chi connectivity index (χ4n) is 11.8. The fourth-order valence-corrected chi connectivity index (χ4v) is 11.8. The van der Waals surface area contributed by atoms with Crippen LogP contribution in [0.3, 0.4) is 0 Å². The van der Waals surface area contributed by atoms with Gasteiger partial charge >= 0.3 is 5.97 Å². The van der Waals surface area contributed by atoms with Gasteiger partial charge in [-0.05, 0) is 51.4 Å². The first-order valence-electron chi connectivity index (χ1n) is 36.4. The van der Waals surface area contributed by atoms with Gasteiger partial charge < -0.3 is 20.3 Å². The Kier molecular flexibility index (Phi) is 67.9. The molecule has 0 aliphatic rings. The van der Waals surface area contributed by atoms with Gasteiger partial charge in [-0.15, -0.1) is 0 Å². The SMILES string of the molecule is CCCCCCCCC/C=C\CCCCCCCCCC(=O)OCCCCCCCCCCCCCCCCCCCCCCCCCCCCCCCCCCC(=O)NC(CO)C(O)CCCCCCCCCCCCCC. The molecule has 0 saturated heterocycles. The minimum Gasteiger partial charge on any atom is -0.466 e. The Hall–Kier alpha value is -1.40. The second-order valence-electron chi connectivity index (χ2n) is 25.3. The Morgan fingerprint density at radius 2 is 0.595 bits per heavy atom. The van der Waals surface area contributed by atoms with Gasteiger partial charge in [-0.25, -0.2) is 0 Å². The Balaban J connectivity index is 3.29. The molecular weight excluding hydrogens is 971 g/mol. The van der Waals surface area contributed by atoms with Gasteiger partial charge in [0.25, 0.3) is 0 Å². The van der Waals surface area contributed by atoms with E-state index < -0.39 is 12.1 Å². The van der Waals surface area contributed by atoms with Crippen LogP contribution in [0.25, 0.3) is 0 Å². The van der Waals surface area contributed by atoms with E-state index in [9.17, 15) is 19.8 Å². The van der Waals surface area contributed by atoms with Gasteiger partial charge in [-0.2, -0.15) is 0 Å². The summed E-state index contributed by atoms with van der Waals surface area (Å²) in [6.45, 7) is 4.98. The number of nitrogens with one attached hydrogen (secondary N) is 1. The highest BCUT2D eigenvalue weighted by atomic mass is 16.5. The number of hydrogen-bond acceptors (Lipinski definition) is 5. The molecule has 0 heterocycles. The monoisotopic (exact) mass is 1110 g/mol. The summed E-state index contributed by atoms with van der Waals surface area (Å²) in [5, 5.41) is 23.3. The van der Waals surface area contributed by atoms with Crippen molar-refractivity contribution in [1.82, 2.24) is 5.32 Å². The molecule has 2 atom stereocenters. The topological polar surface area (TPSA) is 95.9 Å². The van der Waals surface area contributed by atoms with Crippen LogP contribution < -0.4 is 5.32 Å². The third-order valence-corrected chi connectivity index (χ3v) is 17.3. The maximum atomic E-state index is 12.5. The maximum absolute atomic E-state index is 12.5. The van der Waals surface area contributed by atoms with Crippen molar-refractivity contribution in [2.75, 3.05) is 13.2 Å². The van der Waals surface area contributed by atoms with Crippen LogP contribution in [0.4, 0.5) is 0 Å². The lowest BCUT2D eigenvalue weighted by Gasteiger charge is -2.22. The molecule has 0 rings (SSSR count). The van der Waals surface area contributed by atoms with Crippen LogP contribution in [0, 0.1) is 0 Å². The molecular formula is C73H143NO5. The first-order valence-corrected chi connectivity index (χ1v) is 36.4. The molecule has 3 N–H and O–H groups in total. The highest BCUT2D eigenvalue weighted by molar-refractivity contribution is 5.76. The summed E-state index contributed by atoms with van der Waals surface area (Å²) in [5.74, 6) is -0.00916. The van der Waals surface area contributed by atoms with Crippen molar-refractivity contribution in [3.63, 3.8) is 0 Å². The molecule has 0 aromatic carbocycles. The van der Waals surface area contributed by atoms with Gasteiger partial charge in [0, 0.05) is 12.8 Å². The summed E-state index contributed by atoms with van der Waals surface area (Å²) in [6, 6.07) is -0.536. The molecule has 0 aliphatic carbocycles. The zero-order valence-electron chi connectivity index (χ0n) is 53.9. The van der Waals surface area contributed by atoms with Crippen LogP contribution in [-0.2, 0) is 14.3 Å². The minimum atomic E-state index is -0.659. The first kappa shape index (κ1) is 77.6. The average molecular weight is 1110 g/mol. The highest BCUT2D eigenvalue weighted by Crippen LogP contribution is 2.19. The second-order valence-corrected chi connectivity index (χ2v) is 25.3. The van der Waals surface area contributed by atoms with Crippen molar-refractivity contribution in [3.05, 3.63) is 12.2 Å². The van der Waals surface area contributed by atoms with Crippen molar-refractivity contribution in [2.24, 2.45) is 0 Å². The van der Waals surface area contributed by atoms with Gasteiger partial charge in [0.15, 0.2) is 0 Å². The van der Waals surface area contributed by atoms with Crippen molar-refractivity contribution >= 4 is 11.9 Å². The third kappa shape index (κ3) is 65.6. The predicted octanol–water partition coefficient (Wildman–Crippen LogP) is 23.5. The van der Waals surface area contributed by atoms with E-state index in [2.05, 4.69) is 31.3 Å². The number of aliphatic hydroxyl groups excluding tert-OH is 2. The van der Waals surface area contributed by atoms with E-state index in [0.29, 0.717) is 25.9 Å². The van der Waals surface area contributed by atoms with E-state index in [-0.39, 0.29) is 18.5 Å². The molecule has 0 saturated carbocycles. The van der Waals surface area contributed by atoms with Gasteiger partial charge in [0.1, 0.15) is 0 Å².